The first-order chi connectivity index (χ1) is 10.2. The van der Waals surface area contributed by atoms with Gasteiger partial charge < -0.3 is 9.72 Å². The Kier molecular flexibility index (Phi) is 3.67. The van der Waals surface area contributed by atoms with Crippen molar-refractivity contribution in [2.75, 3.05) is 0 Å². The van der Waals surface area contributed by atoms with Crippen molar-refractivity contribution in [2.24, 2.45) is 0 Å². The molecule has 3 nitrogen and oxygen atoms in total. The normalized spacial score (nSPS) is 12.3. The molecule has 106 valence electrons. The fourth-order valence-corrected chi connectivity index (χ4v) is 2.46. The van der Waals surface area contributed by atoms with Crippen LogP contribution in [0.15, 0.2) is 54.7 Å². The van der Waals surface area contributed by atoms with Gasteiger partial charge in [0.2, 0.25) is 5.78 Å². The van der Waals surface area contributed by atoms with E-state index in [1.165, 1.54) is 0 Å². The first-order valence-corrected chi connectivity index (χ1v) is 7.06. The Hall–Kier alpha value is -2.26. The smallest absolute Gasteiger partial charge is 0.205 e. The minimum Gasteiger partial charge on any atom is -0.481 e. The summed E-state index contributed by atoms with van der Waals surface area (Å²) in [6, 6.07) is 14.8. The largest absolute Gasteiger partial charge is 0.481 e. The summed E-state index contributed by atoms with van der Waals surface area (Å²) in [5.74, 6) is 0.437. The number of benzene rings is 2. The number of carbonyl (C=O) groups excluding carboxylic acids is 1. The Balaban J connectivity index is 1.86. The van der Waals surface area contributed by atoms with E-state index in [-0.39, 0.29) is 5.78 Å². The number of aromatic amines is 1. The number of H-pyrrole nitrogens is 1. The molecule has 0 saturated heterocycles. The van der Waals surface area contributed by atoms with E-state index in [2.05, 4.69) is 4.98 Å². The van der Waals surface area contributed by atoms with Gasteiger partial charge in [-0.25, -0.2) is 0 Å². The average Bonchev–Trinajstić information content (AvgIpc) is 2.92. The van der Waals surface area contributed by atoms with E-state index < -0.39 is 6.10 Å². The number of nitrogens with one attached hydrogen (secondary N) is 1. The summed E-state index contributed by atoms with van der Waals surface area (Å²) >= 11 is 6.05. The van der Waals surface area contributed by atoms with E-state index in [4.69, 9.17) is 16.3 Å². The van der Waals surface area contributed by atoms with Crippen LogP contribution in [0.1, 0.15) is 17.3 Å². The molecule has 1 aromatic heterocycles. The maximum absolute atomic E-state index is 12.5. The molecule has 3 aromatic rings. The molecule has 21 heavy (non-hydrogen) atoms. The summed E-state index contributed by atoms with van der Waals surface area (Å²) in [6.07, 6.45) is 1.11. The van der Waals surface area contributed by atoms with E-state index in [9.17, 15) is 4.79 Å². The average molecular weight is 300 g/mol. The van der Waals surface area contributed by atoms with Crippen LogP contribution in [-0.2, 0) is 0 Å². The van der Waals surface area contributed by atoms with Gasteiger partial charge in [-0.15, -0.1) is 0 Å². The molecule has 0 saturated carbocycles. The molecule has 3 rings (SSSR count). The van der Waals surface area contributed by atoms with Crippen LogP contribution in [-0.4, -0.2) is 16.9 Å². The minimum absolute atomic E-state index is 0.0765. The van der Waals surface area contributed by atoms with E-state index in [0.29, 0.717) is 16.3 Å². The highest BCUT2D eigenvalue weighted by molar-refractivity contribution is 6.32. The summed E-state index contributed by atoms with van der Waals surface area (Å²) in [6.45, 7) is 1.73. The second kappa shape index (κ2) is 5.62. The van der Waals surface area contributed by atoms with E-state index in [1.54, 1.807) is 25.3 Å². The molecule has 0 unspecified atom stereocenters. The highest BCUT2D eigenvalue weighted by Gasteiger charge is 2.20. The molecule has 0 spiro atoms. The lowest BCUT2D eigenvalue weighted by molar-refractivity contribution is 0.0820. The van der Waals surface area contributed by atoms with Gasteiger partial charge in [-0.1, -0.05) is 41.9 Å². The lowest BCUT2D eigenvalue weighted by Crippen LogP contribution is -2.23. The molecule has 0 fully saturated rings. The first kappa shape index (κ1) is 13.7. The molecule has 0 aliphatic heterocycles. The number of carbonyl (C=O) groups is 1. The number of ketones is 1. The molecule has 0 bridgehead atoms. The lowest BCUT2D eigenvalue weighted by Gasteiger charge is -2.14. The summed E-state index contributed by atoms with van der Waals surface area (Å²) in [4.78, 5) is 15.6. The number of Topliss-reactive ketones (excluding diaryl/α,β-unsaturated/α-hetero) is 1. The molecular weight excluding hydrogens is 286 g/mol. The lowest BCUT2D eigenvalue weighted by atomic mass is 10.1. The van der Waals surface area contributed by atoms with Crippen LogP contribution >= 0.6 is 11.6 Å². The number of fused-ring (bicyclic) bond motifs is 1. The predicted octanol–water partition coefficient (Wildman–Crippen LogP) is 4.47. The highest BCUT2D eigenvalue weighted by atomic mass is 35.5. The van der Waals surface area contributed by atoms with Crippen LogP contribution in [0, 0.1) is 0 Å². The first-order valence-electron chi connectivity index (χ1n) is 6.68. The molecule has 0 amide bonds. The second-order valence-corrected chi connectivity index (χ2v) is 5.21. The van der Waals surface area contributed by atoms with Crippen molar-refractivity contribution in [3.05, 3.63) is 65.3 Å². The molecule has 1 atom stereocenters. The molecule has 0 radical (unpaired) electrons. The van der Waals surface area contributed by atoms with E-state index in [1.807, 2.05) is 36.4 Å². The van der Waals surface area contributed by atoms with Crippen molar-refractivity contribution in [3.8, 4) is 5.75 Å². The fourth-order valence-electron chi connectivity index (χ4n) is 2.28. The van der Waals surface area contributed by atoms with Crippen LogP contribution in [0.2, 0.25) is 5.02 Å². The van der Waals surface area contributed by atoms with Crippen molar-refractivity contribution < 1.29 is 9.53 Å². The van der Waals surface area contributed by atoms with Crippen molar-refractivity contribution in [3.63, 3.8) is 0 Å². The van der Waals surface area contributed by atoms with Gasteiger partial charge >= 0.3 is 0 Å². The number of aromatic nitrogens is 1. The Morgan fingerprint density at radius 2 is 1.86 bits per heavy atom. The molecule has 4 heteroatoms. The van der Waals surface area contributed by atoms with Gasteiger partial charge in [0.25, 0.3) is 0 Å². The van der Waals surface area contributed by atoms with Crippen molar-refractivity contribution >= 4 is 28.3 Å². The van der Waals surface area contributed by atoms with E-state index in [0.717, 1.165) is 10.9 Å². The van der Waals surface area contributed by atoms with Crippen molar-refractivity contribution in [1.29, 1.82) is 0 Å². The molecule has 2 aromatic carbocycles. The van der Waals surface area contributed by atoms with Gasteiger partial charge in [0.1, 0.15) is 5.75 Å². The predicted molar refractivity (Wildman–Crippen MR) is 84.2 cm³/mol. The third-order valence-electron chi connectivity index (χ3n) is 3.36. The Bertz CT molecular complexity index is 794. The van der Waals surface area contributed by atoms with Crippen molar-refractivity contribution in [1.82, 2.24) is 4.98 Å². The quantitative estimate of drug-likeness (QED) is 0.722. The van der Waals surface area contributed by atoms with Gasteiger partial charge in [0.15, 0.2) is 6.10 Å². The Labute approximate surface area is 127 Å². The van der Waals surface area contributed by atoms with Crippen LogP contribution in [0.5, 0.6) is 5.75 Å². The number of halogens is 1. The zero-order valence-electron chi connectivity index (χ0n) is 11.5. The van der Waals surface area contributed by atoms with Gasteiger partial charge in [0.05, 0.1) is 5.02 Å². The minimum atomic E-state index is -0.607. The zero-order chi connectivity index (χ0) is 14.8. The van der Waals surface area contributed by atoms with Crippen LogP contribution < -0.4 is 4.74 Å². The highest BCUT2D eigenvalue weighted by Crippen LogP contribution is 2.26. The van der Waals surface area contributed by atoms with Gasteiger partial charge in [-0.3, -0.25) is 4.79 Å². The summed E-state index contributed by atoms with van der Waals surface area (Å²) in [5, 5.41) is 1.40. The maximum atomic E-state index is 12.5. The van der Waals surface area contributed by atoms with Gasteiger partial charge in [-0.05, 0) is 25.1 Å². The Morgan fingerprint density at radius 1 is 1.14 bits per heavy atom. The summed E-state index contributed by atoms with van der Waals surface area (Å²) in [7, 11) is 0. The molecule has 1 N–H and O–H groups in total. The SMILES string of the molecule is C[C@@H](Oc1ccccc1Cl)C(=O)c1c[nH]c2ccccc12. The molecular formula is C17H14ClNO2. The summed E-state index contributed by atoms with van der Waals surface area (Å²) in [5.41, 5.74) is 1.57. The standard InChI is InChI=1S/C17H14ClNO2/c1-11(21-16-9-5-3-7-14(16)18)17(20)13-10-19-15-8-4-2-6-12(13)15/h2-11,19H,1H3/t11-/m1/s1. The third kappa shape index (κ3) is 2.65. The monoisotopic (exact) mass is 299 g/mol. The number of ether oxygens (including phenoxy) is 1. The van der Waals surface area contributed by atoms with Gasteiger partial charge in [0, 0.05) is 22.7 Å². The third-order valence-corrected chi connectivity index (χ3v) is 3.68. The number of hydrogen-bond acceptors (Lipinski definition) is 2. The van der Waals surface area contributed by atoms with Crippen LogP contribution in [0.25, 0.3) is 10.9 Å². The fraction of sp³-hybridized carbons (Fsp3) is 0.118. The molecule has 0 aliphatic carbocycles. The number of para-hydroxylation sites is 2. The Morgan fingerprint density at radius 3 is 2.67 bits per heavy atom. The number of hydrogen-bond donors (Lipinski definition) is 1. The van der Waals surface area contributed by atoms with Crippen LogP contribution in [0.3, 0.4) is 0 Å². The summed E-state index contributed by atoms with van der Waals surface area (Å²) < 4.78 is 5.68. The molecule has 1 heterocycles. The maximum Gasteiger partial charge on any atom is 0.205 e. The van der Waals surface area contributed by atoms with E-state index >= 15 is 0 Å². The van der Waals surface area contributed by atoms with Crippen molar-refractivity contribution in [2.45, 2.75) is 13.0 Å². The second-order valence-electron chi connectivity index (χ2n) is 4.80. The zero-order valence-corrected chi connectivity index (χ0v) is 12.2. The topological polar surface area (TPSA) is 42.1 Å². The molecule has 0 aliphatic rings. The van der Waals surface area contributed by atoms with Crippen LogP contribution in [0.4, 0.5) is 0 Å². The van der Waals surface area contributed by atoms with Gasteiger partial charge in [-0.2, -0.15) is 0 Å². The number of rotatable bonds is 4.